The molecule has 0 spiro atoms. The Labute approximate surface area is 157 Å². The number of aromatic amines is 1. The van der Waals surface area contributed by atoms with E-state index >= 15 is 0 Å². The first-order valence-corrected chi connectivity index (χ1v) is 10.4. The fourth-order valence-corrected chi connectivity index (χ4v) is 4.91. The van der Waals surface area contributed by atoms with Gasteiger partial charge in [-0.2, -0.15) is 0 Å². The lowest BCUT2D eigenvalue weighted by molar-refractivity contribution is -0.121. The molecule has 3 aromatic rings. The summed E-state index contributed by atoms with van der Waals surface area (Å²) in [4.78, 5) is 33.9. The third-order valence-electron chi connectivity index (χ3n) is 3.36. The molecule has 0 saturated heterocycles. The van der Waals surface area contributed by atoms with Crippen LogP contribution in [0.2, 0.25) is 0 Å². The van der Waals surface area contributed by atoms with E-state index < -0.39 is 0 Å². The molecule has 0 fully saturated rings. The number of aromatic nitrogens is 2. The molecule has 1 atom stereocenters. The number of hydrogen-bond acceptors (Lipinski definition) is 6. The lowest BCUT2D eigenvalue weighted by Crippen LogP contribution is -2.44. The third-order valence-corrected chi connectivity index (χ3v) is 6.12. The summed E-state index contributed by atoms with van der Waals surface area (Å²) in [5.74, 6) is -0.0781. The maximum absolute atomic E-state index is 12.6. The Balaban J connectivity index is 1.87. The van der Waals surface area contributed by atoms with E-state index in [2.05, 4.69) is 15.3 Å². The van der Waals surface area contributed by atoms with Crippen LogP contribution >= 0.6 is 34.4 Å². The number of carbonyl (C=O) groups is 1. The molecule has 0 radical (unpaired) electrons. The van der Waals surface area contributed by atoms with Crippen LogP contribution in [0.15, 0.2) is 32.8 Å². The number of carbonyl (C=O) groups excluding carboxylic acids is 1. The molecule has 3 rings (SSSR count). The summed E-state index contributed by atoms with van der Waals surface area (Å²) in [6, 6.07) is 3.96. The van der Waals surface area contributed by atoms with E-state index in [1.807, 2.05) is 43.7 Å². The van der Waals surface area contributed by atoms with Crippen molar-refractivity contribution in [3.63, 3.8) is 0 Å². The molecule has 1 amide bonds. The van der Waals surface area contributed by atoms with E-state index in [0.29, 0.717) is 15.4 Å². The van der Waals surface area contributed by atoms with Gasteiger partial charge in [-0.25, -0.2) is 4.98 Å². The van der Waals surface area contributed by atoms with Crippen LogP contribution in [0.3, 0.4) is 0 Å². The van der Waals surface area contributed by atoms with Crippen LogP contribution in [0.1, 0.15) is 27.7 Å². The summed E-state index contributed by atoms with van der Waals surface area (Å²) in [5, 5.41) is 7.62. The zero-order valence-corrected chi connectivity index (χ0v) is 16.8. The fourth-order valence-electron chi connectivity index (χ4n) is 2.29. The number of hydrogen-bond donors (Lipinski definition) is 2. The number of fused-ring (bicyclic) bond motifs is 1. The van der Waals surface area contributed by atoms with E-state index in [0.717, 1.165) is 10.4 Å². The monoisotopic (exact) mass is 393 g/mol. The van der Waals surface area contributed by atoms with Crippen molar-refractivity contribution in [1.82, 2.24) is 15.3 Å². The van der Waals surface area contributed by atoms with Crippen LogP contribution in [0.4, 0.5) is 0 Å². The topological polar surface area (TPSA) is 74.8 Å². The van der Waals surface area contributed by atoms with Gasteiger partial charge in [-0.15, -0.1) is 22.7 Å². The predicted molar refractivity (Wildman–Crippen MR) is 107 cm³/mol. The fraction of sp³-hybridized carbons (Fsp3) is 0.353. The predicted octanol–water partition coefficient (Wildman–Crippen LogP) is 4.11. The van der Waals surface area contributed by atoms with E-state index in [4.69, 9.17) is 0 Å². The summed E-state index contributed by atoms with van der Waals surface area (Å²) < 4.78 is 0. The number of nitrogens with one attached hydrogen (secondary N) is 2. The van der Waals surface area contributed by atoms with E-state index in [-0.39, 0.29) is 22.3 Å². The number of nitrogens with zero attached hydrogens (tertiary/aromatic N) is 1. The highest BCUT2D eigenvalue weighted by molar-refractivity contribution is 8.00. The number of thiophene rings is 2. The summed E-state index contributed by atoms with van der Waals surface area (Å²) in [7, 11) is 0. The molecule has 25 heavy (non-hydrogen) atoms. The van der Waals surface area contributed by atoms with Gasteiger partial charge in [0.1, 0.15) is 4.83 Å². The molecule has 0 aliphatic rings. The minimum Gasteiger partial charge on any atom is -0.351 e. The second kappa shape index (κ2) is 6.93. The van der Waals surface area contributed by atoms with Crippen LogP contribution in [0, 0.1) is 0 Å². The number of thioether (sulfide) groups is 1. The van der Waals surface area contributed by atoms with Crippen molar-refractivity contribution in [1.29, 1.82) is 0 Å². The average molecular weight is 394 g/mol. The summed E-state index contributed by atoms with van der Waals surface area (Å²) in [6.45, 7) is 7.62. The summed E-state index contributed by atoms with van der Waals surface area (Å²) >= 11 is 4.30. The Bertz CT molecular complexity index is 952. The molecule has 132 valence electrons. The first kappa shape index (κ1) is 18.2. The van der Waals surface area contributed by atoms with Crippen molar-refractivity contribution in [2.45, 2.75) is 43.6 Å². The minimum atomic E-state index is -0.350. The van der Waals surface area contributed by atoms with Crippen LogP contribution in [0.25, 0.3) is 20.7 Å². The highest BCUT2D eigenvalue weighted by Gasteiger charge is 2.22. The average Bonchev–Trinajstić information content (AvgIpc) is 3.13. The molecule has 5 nitrogen and oxygen atoms in total. The van der Waals surface area contributed by atoms with Crippen LogP contribution in [-0.2, 0) is 4.79 Å². The number of rotatable bonds is 4. The van der Waals surface area contributed by atoms with Crippen molar-refractivity contribution in [3.05, 3.63) is 33.2 Å². The maximum atomic E-state index is 12.6. The number of H-pyrrole nitrogens is 1. The summed E-state index contributed by atoms with van der Waals surface area (Å²) in [5.41, 5.74) is 0.458. The van der Waals surface area contributed by atoms with Crippen LogP contribution in [0.5, 0.6) is 0 Å². The van der Waals surface area contributed by atoms with Gasteiger partial charge in [-0.3, -0.25) is 9.59 Å². The minimum absolute atomic E-state index is 0.0781. The zero-order chi connectivity index (χ0) is 18.2. The Morgan fingerprint density at radius 1 is 1.36 bits per heavy atom. The molecule has 0 unspecified atom stereocenters. The molecule has 0 aromatic carbocycles. The largest absolute Gasteiger partial charge is 0.351 e. The first-order chi connectivity index (χ1) is 11.7. The second-order valence-corrected chi connectivity index (χ2v) is 9.81. The standard InChI is InChI=1S/C17H19N3O2S3/c1-9(13(21)20-17(2,3)4)25-16-18-14(22)12-10(8-24-15(12)19-16)11-6-5-7-23-11/h5-9H,1-4H3,(H,20,21)(H,18,19,22)/t9-/m1/s1. The lowest BCUT2D eigenvalue weighted by atomic mass is 10.1. The van der Waals surface area contributed by atoms with Gasteiger partial charge in [-0.05, 0) is 39.1 Å². The molecule has 3 aromatic heterocycles. The lowest BCUT2D eigenvalue weighted by Gasteiger charge is -2.22. The van der Waals surface area contributed by atoms with Gasteiger partial charge in [0.25, 0.3) is 5.56 Å². The van der Waals surface area contributed by atoms with Gasteiger partial charge in [0, 0.05) is 21.4 Å². The molecule has 0 bridgehead atoms. The Morgan fingerprint density at radius 3 is 2.76 bits per heavy atom. The second-order valence-electron chi connectivity index (χ2n) is 6.68. The highest BCUT2D eigenvalue weighted by Crippen LogP contribution is 2.34. The maximum Gasteiger partial charge on any atom is 0.260 e. The van der Waals surface area contributed by atoms with Gasteiger partial charge >= 0.3 is 0 Å². The Kier molecular flexibility index (Phi) is 5.04. The molecule has 2 N–H and O–H groups in total. The van der Waals surface area contributed by atoms with Crippen LogP contribution < -0.4 is 10.9 Å². The normalized spacial score (nSPS) is 13.1. The molecule has 3 heterocycles. The highest BCUT2D eigenvalue weighted by atomic mass is 32.2. The zero-order valence-electron chi connectivity index (χ0n) is 14.4. The quantitative estimate of drug-likeness (QED) is 0.517. The van der Waals surface area contributed by atoms with Crippen molar-refractivity contribution in [2.24, 2.45) is 0 Å². The summed E-state index contributed by atoms with van der Waals surface area (Å²) in [6.07, 6.45) is 0. The molecule has 0 aliphatic heterocycles. The van der Waals surface area contributed by atoms with E-state index in [1.165, 1.54) is 23.1 Å². The Morgan fingerprint density at radius 2 is 2.12 bits per heavy atom. The van der Waals surface area contributed by atoms with Crippen molar-refractivity contribution in [3.8, 4) is 10.4 Å². The number of amides is 1. The molecule has 8 heteroatoms. The third kappa shape index (κ3) is 4.13. The SMILES string of the molecule is C[C@@H](Sc1nc2scc(-c3cccs3)c2c(=O)[nH]1)C(=O)NC(C)(C)C. The first-order valence-electron chi connectivity index (χ1n) is 7.78. The van der Waals surface area contributed by atoms with Crippen molar-refractivity contribution in [2.75, 3.05) is 0 Å². The molecular weight excluding hydrogens is 374 g/mol. The van der Waals surface area contributed by atoms with Crippen LogP contribution in [-0.4, -0.2) is 26.7 Å². The van der Waals surface area contributed by atoms with Gasteiger partial charge < -0.3 is 10.3 Å². The Hall–Kier alpha value is -1.64. The van der Waals surface area contributed by atoms with Crippen molar-refractivity contribution < 1.29 is 4.79 Å². The molecule has 0 saturated carbocycles. The van der Waals surface area contributed by atoms with E-state index in [1.54, 1.807) is 18.3 Å². The van der Waals surface area contributed by atoms with E-state index in [9.17, 15) is 9.59 Å². The molecular formula is C17H19N3O2S3. The molecule has 0 aliphatic carbocycles. The smallest absolute Gasteiger partial charge is 0.260 e. The van der Waals surface area contributed by atoms with Gasteiger partial charge in [0.05, 0.1) is 10.6 Å². The van der Waals surface area contributed by atoms with Gasteiger partial charge in [-0.1, -0.05) is 17.8 Å². The van der Waals surface area contributed by atoms with Gasteiger partial charge in [0.15, 0.2) is 5.16 Å². The van der Waals surface area contributed by atoms with Crippen molar-refractivity contribution >= 4 is 50.6 Å². The van der Waals surface area contributed by atoms with Gasteiger partial charge in [0.2, 0.25) is 5.91 Å².